The zero-order chi connectivity index (χ0) is 32.0. The Bertz CT molecular complexity index is 1490. The SMILES string of the molecule is COc1ccc(C2CCC(CN(C(=O)C3CCC(OC(=O)NCCO)CC3)c3cccc(-c4cnc(C5CC5)s4)c3)CC2)nc1C. The van der Waals surface area contributed by atoms with Crippen LogP contribution in [0.2, 0.25) is 0 Å². The predicted molar refractivity (Wildman–Crippen MR) is 179 cm³/mol. The van der Waals surface area contributed by atoms with Gasteiger partial charge in [-0.15, -0.1) is 11.3 Å². The lowest BCUT2D eigenvalue weighted by Gasteiger charge is -2.36. The van der Waals surface area contributed by atoms with Crippen LogP contribution in [-0.2, 0) is 9.53 Å². The summed E-state index contributed by atoms with van der Waals surface area (Å²) in [5, 5.41) is 12.7. The number of carbonyl (C=O) groups excluding carboxylic acids is 2. The molecule has 1 aromatic carbocycles. The Kier molecular flexibility index (Phi) is 10.5. The molecule has 3 fully saturated rings. The number of nitrogens with zero attached hydrogens (tertiary/aromatic N) is 3. The number of nitrogens with one attached hydrogen (secondary N) is 1. The Balaban J connectivity index is 1.15. The average Bonchev–Trinajstić information content (AvgIpc) is 3.82. The summed E-state index contributed by atoms with van der Waals surface area (Å²) in [6, 6.07) is 12.5. The van der Waals surface area contributed by atoms with E-state index in [0.29, 0.717) is 50.0 Å². The molecule has 9 nitrogen and oxygen atoms in total. The number of anilines is 1. The molecule has 46 heavy (non-hydrogen) atoms. The molecule has 0 atom stereocenters. The zero-order valence-corrected chi connectivity index (χ0v) is 27.8. The Morgan fingerprint density at radius 2 is 1.76 bits per heavy atom. The number of methoxy groups -OCH3 is 1. The summed E-state index contributed by atoms with van der Waals surface area (Å²) >= 11 is 1.77. The third kappa shape index (κ3) is 7.89. The quantitative estimate of drug-likeness (QED) is 0.231. The van der Waals surface area contributed by atoms with Gasteiger partial charge in [0.05, 0.1) is 29.3 Å². The monoisotopic (exact) mass is 646 g/mol. The predicted octanol–water partition coefficient (Wildman–Crippen LogP) is 6.98. The van der Waals surface area contributed by atoms with Crippen LogP contribution < -0.4 is 15.0 Å². The highest BCUT2D eigenvalue weighted by atomic mass is 32.1. The lowest BCUT2D eigenvalue weighted by molar-refractivity contribution is -0.124. The molecule has 0 aliphatic heterocycles. The number of ether oxygens (including phenoxy) is 2. The highest BCUT2D eigenvalue weighted by molar-refractivity contribution is 7.15. The molecule has 0 unspecified atom stereocenters. The molecule has 0 spiro atoms. The minimum absolute atomic E-state index is 0.114. The molecule has 0 saturated heterocycles. The average molecular weight is 647 g/mol. The minimum atomic E-state index is -0.509. The van der Waals surface area contributed by atoms with Gasteiger partial charge in [-0.1, -0.05) is 12.1 Å². The van der Waals surface area contributed by atoms with Crippen LogP contribution in [0.25, 0.3) is 10.4 Å². The number of hydrogen-bond acceptors (Lipinski definition) is 8. The fourth-order valence-electron chi connectivity index (χ4n) is 7.00. The van der Waals surface area contributed by atoms with Crippen LogP contribution in [0.15, 0.2) is 42.6 Å². The van der Waals surface area contributed by atoms with Crippen molar-refractivity contribution in [1.29, 1.82) is 0 Å². The number of thiazole rings is 1. The van der Waals surface area contributed by atoms with Gasteiger partial charge in [0.2, 0.25) is 5.91 Å². The van der Waals surface area contributed by atoms with Crippen LogP contribution in [0, 0.1) is 18.8 Å². The summed E-state index contributed by atoms with van der Waals surface area (Å²) < 4.78 is 11.0. The maximum atomic E-state index is 14.3. The van der Waals surface area contributed by atoms with E-state index in [0.717, 1.165) is 58.9 Å². The van der Waals surface area contributed by atoms with Crippen molar-refractivity contribution in [2.45, 2.75) is 89.1 Å². The Morgan fingerprint density at radius 3 is 2.46 bits per heavy atom. The second-order valence-corrected chi connectivity index (χ2v) is 14.2. The van der Waals surface area contributed by atoms with Crippen molar-refractivity contribution in [2.75, 3.05) is 31.7 Å². The molecule has 3 aromatic rings. The first-order chi connectivity index (χ1) is 22.4. The number of rotatable bonds is 11. The van der Waals surface area contributed by atoms with Crippen molar-refractivity contribution < 1.29 is 24.2 Å². The Morgan fingerprint density at radius 1 is 1.00 bits per heavy atom. The normalized spacial score (nSPS) is 23.0. The Hall–Kier alpha value is -3.50. The molecule has 3 saturated carbocycles. The van der Waals surface area contributed by atoms with Crippen LogP contribution in [0.3, 0.4) is 0 Å². The second kappa shape index (κ2) is 14.9. The van der Waals surface area contributed by atoms with Gasteiger partial charge in [0.25, 0.3) is 0 Å². The van der Waals surface area contributed by atoms with Crippen molar-refractivity contribution in [1.82, 2.24) is 15.3 Å². The third-order valence-corrected chi connectivity index (χ3v) is 11.0. The van der Waals surface area contributed by atoms with E-state index >= 15 is 0 Å². The Labute approximate surface area is 275 Å². The van der Waals surface area contributed by atoms with E-state index in [9.17, 15) is 9.59 Å². The first-order valence-corrected chi connectivity index (χ1v) is 17.7. The molecule has 2 aromatic heterocycles. The topological polar surface area (TPSA) is 114 Å². The first kappa shape index (κ1) is 32.4. The standard InChI is InChI=1S/C36H46N4O5S/c1-23-32(44-2)17-16-31(39-23)25-8-6-24(7-9-25)22-40(35(42)27-12-14-30(15-13-27)45-36(43)37-18-19-41)29-5-3-4-28(20-29)33-21-38-34(46-33)26-10-11-26/h3-5,16-17,20-21,24-27,30,41H,6-15,18-19,22H2,1-2H3,(H,37,43). The van der Waals surface area contributed by atoms with Crippen LogP contribution in [-0.4, -0.2) is 60.0 Å². The number of aromatic nitrogens is 2. The van der Waals surface area contributed by atoms with Gasteiger partial charge < -0.3 is 24.8 Å². The van der Waals surface area contributed by atoms with E-state index in [-0.39, 0.29) is 31.1 Å². The van der Waals surface area contributed by atoms with E-state index < -0.39 is 6.09 Å². The molecule has 0 radical (unpaired) electrons. The van der Waals surface area contributed by atoms with Gasteiger partial charge in [0.1, 0.15) is 11.9 Å². The highest BCUT2D eigenvalue weighted by Gasteiger charge is 2.34. The summed E-state index contributed by atoms with van der Waals surface area (Å²) in [6.07, 6.45) is 10.6. The molecular weight excluding hydrogens is 600 g/mol. The third-order valence-electron chi connectivity index (χ3n) is 9.82. The molecule has 2 amide bonds. The number of benzene rings is 1. The fraction of sp³-hybridized carbons (Fsp3) is 0.556. The van der Waals surface area contributed by atoms with E-state index in [2.05, 4.69) is 35.6 Å². The number of amides is 2. The number of aryl methyl sites for hydroxylation is 1. The molecule has 10 heteroatoms. The van der Waals surface area contributed by atoms with E-state index in [1.165, 1.54) is 17.8 Å². The van der Waals surface area contributed by atoms with Gasteiger partial charge in [-0.25, -0.2) is 9.78 Å². The highest BCUT2D eigenvalue weighted by Crippen LogP contribution is 2.44. The van der Waals surface area contributed by atoms with Gasteiger partial charge in [0.15, 0.2) is 0 Å². The molecule has 3 aliphatic rings. The molecule has 246 valence electrons. The molecule has 2 heterocycles. The second-order valence-electron chi connectivity index (χ2n) is 13.1. The smallest absolute Gasteiger partial charge is 0.407 e. The van der Waals surface area contributed by atoms with Crippen molar-refractivity contribution in [3.63, 3.8) is 0 Å². The molecule has 2 N–H and O–H groups in total. The summed E-state index contributed by atoms with van der Waals surface area (Å²) in [5.41, 5.74) is 4.11. The lowest BCUT2D eigenvalue weighted by atomic mass is 9.79. The van der Waals surface area contributed by atoms with Crippen molar-refractivity contribution >= 4 is 29.0 Å². The number of carbonyl (C=O) groups is 2. The van der Waals surface area contributed by atoms with Gasteiger partial charge in [-0.3, -0.25) is 9.78 Å². The van der Waals surface area contributed by atoms with Crippen molar-refractivity contribution in [3.05, 3.63) is 59.0 Å². The summed E-state index contributed by atoms with van der Waals surface area (Å²) in [6.45, 7) is 2.73. The number of pyridine rings is 1. The van der Waals surface area contributed by atoms with E-state index in [1.54, 1.807) is 18.4 Å². The van der Waals surface area contributed by atoms with Crippen LogP contribution in [0.4, 0.5) is 10.5 Å². The van der Waals surface area contributed by atoms with Gasteiger partial charge >= 0.3 is 6.09 Å². The number of aliphatic hydroxyl groups excluding tert-OH is 1. The van der Waals surface area contributed by atoms with Crippen molar-refractivity contribution in [2.24, 2.45) is 11.8 Å². The number of alkyl carbamates (subject to hydrolysis) is 1. The summed E-state index contributed by atoms with van der Waals surface area (Å²) in [7, 11) is 1.68. The maximum Gasteiger partial charge on any atom is 0.407 e. The van der Waals surface area contributed by atoms with Gasteiger partial charge in [0, 0.05) is 48.4 Å². The van der Waals surface area contributed by atoms with E-state index in [1.807, 2.05) is 24.1 Å². The summed E-state index contributed by atoms with van der Waals surface area (Å²) in [4.78, 5) is 39.1. The molecule has 3 aliphatic carbocycles. The van der Waals surface area contributed by atoms with Gasteiger partial charge in [-0.2, -0.15) is 0 Å². The van der Waals surface area contributed by atoms with Crippen LogP contribution in [0.1, 0.15) is 92.4 Å². The fourth-order valence-corrected chi connectivity index (χ4v) is 8.08. The van der Waals surface area contributed by atoms with Crippen molar-refractivity contribution in [3.8, 4) is 16.2 Å². The van der Waals surface area contributed by atoms with Crippen LogP contribution in [0.5, 0.6) is 5.75 Å². The largest absolute Gasteiger partial charge is 0.495 e. The number of aliphatic hydroxyl groups is 1. The van der Waals surface area contributed by atoms with Gasteiger partial charge in [-0.05, 0) is 107 Å². The van der Waals surface area contributed by atoms with Crippen LogP contribution >= 0.6 is 11.3 Å². The summed E-state index contributed by atoms with van der Waals surface area (Å²) in [5.74, 6) is 2.32. The number of hydrogen-bond donors (Lipinski definition) is 2. The lowest BCUT2D eigenvalue weighted by Crippen LogP contribution is -2.42. The minimum Gasteiger partial charge on any atom is -0.495 e. The maximum absolute atomic E-state index is 14.3. The molecular formula is C36H46N4O5S. The molecule has 6 rings (SSSR count). The first-order valence-electron chi connectivity index (χ1n) is 16.9. The molecule has 0 bridgehead atoms. The zero-order valence-electron chi connectivity index (χ0n) is 27.0. The van der Waals surface area contributed by atoms with E-state index in [4.69, 9.17) is 24.5 Å².